The summed E-state index contributed by atoms with van der Waals surface area (Å²) in [5.41, 5.74) is 2.72. The first-order valence-electron chi connectivity index (χ1n) is 8.49. The normalized spacial score (nSPS) is 24.2. The number of benzene rings is 1. The quantitative estimate of drug-likeness (QED) is 0.822. The summed E-state index contributed by atoms with van der Waals surface area (Å²) in [5, 5.41) is 3.39. The van der Waals surface area contributed by atoms with Crippen molar-refractivity contribution < 1.29 is 4.74 Å². The lowest BCUT2D eigenvalue weighted by Gasteiger charge is -2.28. The van der Waals surface area contributed by atoms with Crippen LogP contribution in [0.15, 0.2) is 24.3 Å². The molecule has 1 saturated carbocycles. The van der Waals surface area contributed by atoms with Crippen LogP contribution in [0.3, 0.4) is 0 Å². The molecule has 0 spiro atoms. The summed E-state index contributed by atoms with van der Waals surface area (Å²) in [5.74, 6) is 1.41. The molecule has 1 fully saturated rings. The smallest absolute Gasteiger partial charge is 0.0665 e. The lowest BCUT2D eigenvalue weighted by Crippen LogP contribution is -2.28. The molecule has 0 heterocycles. The summed E-state index contributed by atoms with van der Waals surface area (Å²) in [6.07, 6.45) is 5.60. The Hall–Kier alpha value is -0.860. The second-order valence-corrected chi connectivity index (χ2v) is 6.89. The zero-order valence-electron chi connectivity index (χ0n) is 14.1. The average Bonchev–Trinajstić information content (AvgIpc) is 2.48. The van der Waals surface area contributed by atoms with Crippen LogP contribution >= 0.6 is 0 Å². The summed E-state index contributed by atoms with van der Waals surface area (Å²) in [7, 11) is 2.02. The van der Waals surface area contributed by atoms with Gasteiger partial charge in [0, 0.05) is 0 Å². The maximum absolute atomic E-state index is 6.18. The van der Waals surface area contributed by atoms with Crippen LogP contribution < -0.4 is 5.32 Å². The van der Waals surface area contributed by atoms with E-state index < -0.39 is 0 Å². The molecule has 1 aromatic carbocycles. The van der Waals surface area contributed by atoms with Gasteiger partial charge in [0.25, 0.3) is 0 Å². The van der Waals surface area contributed by atoms with Gasteiger partial charge in [0.15, 0.2) is 0 Å². The molecule has 3 unspecified atom stereocenters. The van der Waals surface area contributed by atoms with Gasteiger partial charge in [0.1, 0.15) is 0 Å². The summed E-state index contributed by atoms with van der Waals surface area (Å²) in [6.45, 7) is 7.58. The van der Waals surface area contributed by atoms with Crippen molar-refractivity contribution in [2.24, 2.45) is 5.92 Å². The Labute approximate surface area is 130 Å². The van der Waals surface area contributed by atoms with E-state index in [9.17, 15) is 0 Å². The molecule has 1 aromatic rings. The van der Waals surface area contributed by atoms with Crippen molar-refractivity contribution in [2.45, 2.75) is 64.5 Å². The van der Waals surface area contributed by atoms with Crippen LogP contribution in [-0.2, 0) is 4.74 Å². The van der Waals surface area contributed by atoms with Crippen LogP contribution in [0.4, 0.5) is 0 Å². The second kappa shape index (κ2) is 7.95. The number of ether oxygens (including phenoxy) is 1. The van der Waals surface area contributed by atoms with Gasteiger partial charge in [-0.3, -0.25) is 0 Å². The van der Waals surface area contributed by atoms with E-state index in [1.54, 1.807) is 0 Å². The highest BCUT2D eigenvalue weighted by Crippen LogP contribution is 2.27. The summed E-state index contributed by atoms with van der Waals surface area (Å²) in [6, 6.07) is 9.26. The van der Waals surface area contributed by atoms with E-state index in [2.05, 4.69) is 50.4 Å². The van der Waals surface area contributed by atoms with E-state index in [1.165, 1.54) is 36.8 Å². The first kappa shape index (κ1) is 16.5. The molecule has 3 atom stereocenters. The van der Waals surface area contributed by atoms with Crippen LogP contribution in [0.5, 0.6) is 0 Å². The maximum Gasteiger partial charge on any atom is 0.0665 e. The molecule has 21 heavy (non-hydrogen) atoms. The minimum Gasteiger partial charge on any atom is -0.376 e. The Morgan fingerprint density at radius 3 is 2.38 bits per heavy atom. The third-order valence-electron chi connectivity index (χ3n) is 4.74. The highest BCUT2D eigenvalue weighted by atomic mass is 16.5. The molecule has 1 N–H and O–H groups in total. The van der Waals surface area contributed by atoms with Gasteiger partial charge in [-0.1, -0.05) is 57.9 Å². The molecule has 0 saturated heterocycles. The van der Waals surface area contributed by atoms with Crippen molar-refractivity contribution in [1.82, 2.24) is 5.32 Å². The number of likely N-dealkylation sites (N-methyl/N-ethyl adjacent to an activating group) is 1. The Bertz CT molecular complexity index is 412. The van der Waals surface area contributed by atoms with Crippen LogP contribution in [0.1, 0.15) is 69.5 Å². The fourth-order valence-electron chi connectivity index (χ4n) is 3.22. The molecule has 2 nitrogen and oxygen atoms in total. The molecular weight excluding hydrogens is 258 g/mol. The molecular formula is C19H31NO. The molecule has 1 aliphatic rings. The Morgan fingerprint density at radius 1 is 1.14 bits per heavy atom. The molecule has 2 rings (SSSR count). The lowest BCUT2D eigenvalue weighted by atomic mass is 9.88. The Kier molecular flexibility index (Phi) is 6.25. The minimum absolute atomic E-state index is 0.295. The second-order valence-electron chi connectivity index (χ2n) is 6.89. The zero-order valence-corrected chi connectivity index (χ0v) is 14.1. The number of hydrogen-bond acceptors (Lipinski definition) is 2. The Balaban J connectivity index is 1.90. The number of hydrogen-bond donors (Lipinski definition) is 1. The summed E-state index contributed by atoms with van der Waals surface area (Å²) >= 11 is 0. The SMILES string of the molecule is CNC(COC1CCCC(C)C1)c1ccc(C(C)C)cc1. The topological polar surface area (TPSA) is 21.3 Å². The van der Waals surface area contributed by atoms with Crippen molar-refractivity contribution in [3.63, 3.8) is 0 Å². The van der Waals surface area contributed by atoms with Crippen LogP contribution in [0, 0.1) is 5.92 Å². The molecule has 0 aliphatic heterocycles. The third-order valence-corrected chi connectivity index (χ3v) is 4.74. The molecule has 118 valence electrons. The largest absolute Gasteiger partial charge is 0.376 e. The number of rotatable bonds is 6. The average molecular weight is 289 g/mol. The molecule has 0 bridgehead atoms. The van der Waals surface area contributed by atoms with Crippen molar-refractivity contribution in [3.8, 4) is 0 Å². The van der Waals surface area contributed by atoms with Crippen molar-refractivity contribution >= 4 is 0 Å². The summed E-state index contributed by atoms with van der Waals surface area (Å²) < 4.78 is 6.18. The van der Waals surface area contributed by atoms with E-state index in [1.807, 2.05) is 7.05 Å². The first-order valence-corrected chi connectivity index (χ1v) is 8.49. The van der Waals surface area contributed by atoms with E-state index in [-0.39, 0.29) is 0 Å². The minimum atomic E-state index is 0.295. The van der Waals surface area contributed by atoms with Gasteiger partial charge in [-0.25, -0.2) is 0 Å². The van der Waals surface area contributed by atoms with Gasteiger partial charge < -0.3 is 10.1 Å². The molecule has 2 heteroatoms. The summed E-state index contributed by atoms with van der Waals surface area (Å²) in [4.78, 5) is 0. The van der Waals surface area contributed by atoms with Crippen molar-refractivity contribution in [2.75, 3.05) is 13.7 Å². The number of nitrogens with one attached hydrogen (secondary N) is 1. The third kappa shape index (κ3) is 4.82. The van der Waals surface area contributed by atoms with Crippen LogP contribution in [0.25, 0.3) is 0 Å². The monoisotopic (exact) mass is 289 g/mol. The van der Waals surface area contributed by atoms with E-state index in [4.69, 9.17) is 4.74 Å². The van der Waals surface area contributed by atoms with Crippen LogP contribution in [-0.4, -0.2) is 19.8 Å². The van der Waals surface area contributed by atoms with Gasteiger partial charge in [-0.2, -0.15) is 0 Å². The van der Waals surface area contributed by atoms with E-state index in [0.717, 1.165) is 12.5 Å². The lowest BCUT2D eigenvalue weighted by molar-refractivity contribution is 0.00488. The van der Waals surface area contributed by atoms with Crippen LogP contribution in [0.2, 0.25) is 0 Å². The molecule has 0 radical (unpaired) electrons. The predicted molar refractivity (Wildman–Crippen MR) is 89.7 cm³/mol. The van der Waals surface area contributed by atoms with Gasteiger partial charge in [-0.05, 0) is 42.9 Å². The van der Waals surface area contributed by atoms with E-state index >= 15 is 0 Å². The van der Waals surface area contributed by atoms with Gasteiger partial charge >= 0.3 is 0 Å². The maximum atomic E-state index is 6.18. The van der Waals surface area contributed by atoms with Gasteiger partial charge in [0.2, 0.25) is 0 Å². The standard InChI is InChI=1S/C19H31NO/c1-14(2)16-8-10-17(11-9-16)19(20-4)13-21-18-7-5-6-15(3)12-18/h8-11,14-15,18-20H,5-7,12-13H2,1-4H3. The molecule has 0 aromatic heterocycles. The molecule has 0 amide bonds. The zero-order chi connectivity index (χ0) is 15.2. The predicted octanol–water partition coefficient (Wildman–Crippen LogP) is 4.67. The Morgan fingerprint density at radius 2 is 1.81 bits per heavy atom. The van der Waals surface area contributed by atoms with E-state index in [0.29, 0.717) is 18.1 Å². The molecule has 1 aliphatic carbocycles. The fraction of sp³-hybridized carbons (Fsp3) is 0.684. The van der Waals surface area contributed by atoms with Gasteiger partial charge in [-0.15, -0.1) is 0 Å². The highest BCUT2D eigenvalue weighted by Gasteiger charge is 2.20. The fourth-order valence-corrected chi connectivity index (χ4v) is 3.22. The first-order chi connectivity index (χ1) is 10.1. The highest BCUT2D eigenvalue weighted by molar-refractivity contribution is 5.26. The van der Waals surface area contributed by atoms with Gasteiger partial charge in [0.05, 0.1) is 18.8 Å². The van der Waals surface area contributed by atoms with Crippen molar-refractivity contribution in [3.05, 3.63) is 35.4 Å². The van der Waals surface area contributed by atoms with Crippen molar-refractivity contribution in [1.29, 1.82) is 0 Å².